The molecule has 0 aliphatic heterocycles. The average molecular weight is 461 g/mol. The van der Waals surface area contributed by atoms with Gasteiger partial charge in [-0.1, -0.05) is 46.3 Å². The van der Waals surface area contributed by atoms with E-state index in [1.807, 2.05) is 6.92 Å². The molecular formula is C30H52O3. The lowest BCUT2D eigenvalue weighted by molar-refractivity contribution is -0.246. The van der Waals surface area contributed by atoms with E-state index < -0.39 is 5.60 Å². The van der Waals surface area contributed by atoms with Crippen molar-refractivity contribution in [2.45, 2.75) is 131 Å². The van der Waals surface area contributed by atoms with E-state index in [2.05, 4.69) is 54.5 Å². The lowest BCUT2D eigenvalue weighted by Crippen LogP contribution is -2.66. The van der Waals surface area contributed by atoms with E-state index in [0.29, 0.717) is 11.8 Å². The minimum atomic E-state index is -0.739. The van der Waals surface area contributed by atoms with Crippen LogP contribution in [0.25, 0.3) is 0 Å². The van der Waals surface area contributed by atoms with Gasteiger partial charge in [0.1, 0.15) is 0 Å². The maximum atomic E-state index is 11.8. The molecule has 0 amide bonds. The van der Waals surface area contributed by atoms with Crippen molar-refractivity contribution < 1.29 is 15.3 Å². The number of aliphatic hydroxyl groups excluding tert-OH is 2. The van der Waals surface area contributed by atoms with Gasteiger partial charge in [0.25, 0.3) is 0 Å². The molecule has 10 atom stereocenters. The van der Waals surface area contributed by atoms with Gasteiger partial charge in [-0.15, -0.1) is 0 Å². The number of aliphatic hydroxyl groups is 3. The lowest BCUT2D eigenvalue weighted by atomic mass is 9.35. The third-order valence-electron chi connectivity index (χ3n) is 12.4. The number of hydrogen-bond donors (Lipinski definition) is 3. The zero-order valence-corrected chi connectivity index (χ0v) is 22.7. The van der Waals surface area contributed by atoms with Gasteiger partial charge in [-0.3, -0.25) is 0 Å². The molecule has 33 heavy (non-hydrogen) atoms. The number of allylic oxidation sites excluding steroid dienone is 2. The standard InChI is InChI=1S/C30H52O3/c1-19(2)10-9-14-30(8,33)20-11-16-29(7)25(20)21(31)18-23-27(5)15-13-24(32)26(3,4)22(27)12-17-28(23,29)6/h10,20-25,31-33H,9,11-18H2,1-8H3/t20-,21-,22-,23-,24+,25-,27+,28-,29-,30+/m1/s1. The lowest BCUT2D eigenvalue weighted by Gasteiger charge is -2.70. The molecule has 4 aliphatic carbocycles. The van der Waals surface area contributed by atoms with Crippen LogP contribution >= 0.6 is 0 Å². The molecule has 0 aromatic rings. The summed E-state index contributed by atoms with van der Waals surface area (Å²) in [6.45, 7) is 18.3. The first kappa shape index (κ1) is 25.7. The molecule has 0 aromatic carbocycles. The van der Waals surface area contributed by atoms with E-state index in [0.717, 1.165) is 44.9 Å². The summed E-state index contributed by atoms with van der Waals surface area (Å²) < 4.78 is 0. The highest BCUT2D eigenvalue weighted by molar-refractivity contribution is 5.20. The van der Waals surface area contributed by atoms with E-state index in [9.17, 15) is 15.3 Å². The fourth-order valence-electron chi connectivity index (χ4n) is 10.3. The summed E-state index contributed by atoms with van der Waals surface area (Å²) in [5.41, 5.74) is 0.885. The Morgan fingerprint density at radius 3 is 2.18 bits per heavy atom. The van der Waals surface area contributed by atoms with Gasteiger partial charge in [0.15, 0.2) is 0 Å². The Balaban J connectivity index is 1.66. The van der Waals surface area contributed by atoms with Gasteiger partial charge < -0.3 is 15.3 Å². The van der Waals surface area contributed by atoms with Crippen LogP contribution in [0, 0.1) is 45.3 Å². The third-order valence-corrected chi connectivity index (χ3v) is 12.4. The van der Waals surface area contributed by atoms with Crippen LogP contribution in [-0.4, -0.2) is 33.1 Å². The summed E-state index contributed by atoms with van der Waals surface area (Å²) in [6.07, 6.45) is 10.6. The molecule has 0 spiro atoms. The molecular weight excluding hydrogens is 408 g/mol. The zero-order valence-electron chi connectivity index (χ0n) is 22.7. The first-order chi connectivity index (χ1) is 15.1. The molecule has 0 saturated heterocycles. The predicted octanol–water partition coefficient (Wildman–Crippen LogP) is 6.50. The molecule has 0 bridgehead atoms. The second kappa shape index (κ2) is 8.07. The van der Waals surface area contributed by atoms with Crippen LogP contribution in [0.5, 0.6) is 0 Å². The number of fused-ring (bicyclic) bond motifs is 5. The van der Waals surface area contributed by atoms with E-state index in [-0.39, 0.29) is 45.7 Å². The highest BCUT2D eigenvalue weighted by atomic mass is 16.3. The van der Waals surface area contributed by atoms with Crippen molar-refractivity contribution in [2.75, 3.05) is 0 Å². The Morgan fingerprint density at radius 1 is 0.909 bits per heavy atom. The smallest absolute Gasteiger partial charge is 0.0654 e. The average Bonchev–Trinajstić information content (AvgIpc) is 3.08. The summed E-state index contributed by atoms with van der Waals surface area (Å²) in [7, 11) is 0. The second-order valence-electron chi connectivity index (χ2n) is 14.5. The topological polar surface area (TPSA) is 60.7 Å². The van der Waals surface area contributed by atoms with Crippen molar-refractivity contribution in [1.82, 2.24) is 0 Å². The summed E-state index contributed by atoms with van der Waals surface area (Å²) in [5.74, 6) is 1.31. The zero-order chi connectivity index (χ0) is 24.6. The monoisotopic (exact) mass is 460 g/mol. The van der Waals surface area contributed by atoms with Crippen molar-refractivity contribution >= 4 is 0 Å². The van der Waals surface area contributed by atoms with Crippen molar-refractivity contribution in [3.8, 4) is 0 Å². The Morgan fingerprint density at radius 2 is 1.55 bits per heavy atom. The number of rotatable bonds is 4. The van der Waals surface area contributed by atoms with Gasteiger partial charge in [0.05, 0.1) is 17.8 Å². The van der Waals surface area contributed by atoms with E-state index in [1.54, 1.807) is 0 Å². The van der Waals surface area contributed by atoms with E-state index in [4.69, 9.17) is 0 Å². The Labute approximate surface area is 203 Å². The fourth-order valence-corrected chi connectivity index (χ4v) is 10.3. The minimum Gasteiger partial charge on any atom is -0.393 e. The molecule has 3 nitrogen and oxygen atoms in total. The van der Waals surface area contributed by atoms with Crippen LogP contribution in [0.2, 0.25) is 0 Å². The SMILES string of the molecule is CC(C)=CCC[C@](C)(O)[C@@H]1CC[C@]2(C)[C@H]1[C@H](O)C[C@@H]1[C@@]3(C)CC[C@H](O)C(C)(C)[C@H]3CC[C@]12C. The molecule has 4 aliphatic rings. The summed E-state index contributed by atoms with van der Waals surface area (Å²) in [5, 5.41) is 34.3. The van der Waals surface area contributed by atoms with Gasteiger partial charge in [0.2, 0.25) is 0 Å². The minimum absolute atomic E-state index is 0.0503. The van der Waals surface area contributed by atoms with Gasteiger partial charge in [-0.2, -0.15) is 0 Å². The molecule has 4 fully saturated rings. The maximum absolute atomic E-state index is 11.8. The fraction of sp³-hybridized carbons (Fsp3) is 0.933. The molecule has 190 valence electrons. The van der Waals surface area contributed by atoms with Crippen LogP contribution in [0.3, 0.4) is 0 Å². The molecule has 3 N–H and O–H groups in total. The van der Waals surface area contributed by atoms with Crippen LogP contribution in [0.1, 0.15) is 113 Å². The Hall–Kier alpha value is -0.380. The summed E-state index contributed by atoms with van der Waals surface area (Å²) >= 11 is 0. The molecule has 0 radical (unpaired) electrons. The highest BCUT2D eigenvalue weighted by Gasteiger charge is 2.71. The largest absolute Gasteiger partial charge is 0.393 e. The van der Waals surface area contributed by atoms with Gasteiger partial charge in [0, 0.05) is 0 Å². The molecule has 4 rings (SSSR count). The Bertz CT molecular complexity index is 779. The first-order valence-corrected chi connectivity index (χ1v) is 13.8. The van der Waals surface area contributed by atoms with Gasteiger partial charge in [-0.05, 0) is 124 Å². The normalized spacial score (nSPS) is 50.5. The van der Waals surface area contributed by atoms with Crippen molar-refractivity contribution in [1.29, 1.82) is 0 Å². The van der Waals surface area contributed by atoms with Crippen molar-refractivity contribution in [3.05, 3.63) is 11.6 Å². The summed E-state index contributed by atoms with van der Waals surface area (Å²) in [4.78, 5) is 0. The van der Waals surface area contributed by atoms with Gasteiger partial charge >= 0.3 is 0 Å². The number of hydrogen-bond acceptors (Lipinski definition) is 3. The van der Waals surface area contributed by atoms with Crippen molar-refractivity contribution in [3.63, 3.8) is 0 Å². The van der Waals surface area contributed by atoms with E-state index >= 15 is 0 Å². The Kier molecular flexibility index (Phi) is 6.28. The third kappa shape index (κ3) is 3.61. The molecule has 3 heteroatoms. The highest BCUT2D eigenvalue weighted by Crippen LogP contribution is 2.75. The summed E-state index contributed by atoms with van der Waals surface area (Å²) in [6, 6.07) is 0. The molecule has 0 unspecified atom stereocenters. The quantitative estimate of drug-likeness (QED) is 0.420. The molecule has 4 saturated carbocycles. The van der Waals surface area contributed by atoms with Crippen LogP contribution < -0.4 is 0 Å². The predicted molar refractivity (Wildman–Crippen MR) is 136 cm³/mol. The molecule has 0 heterocycles. The van der Waals surface area contributed by atoms with Crippen LogP contribution in [0.4, 0.5) is 0 Å². The van der Waals surface area contributed by atoms with E-state index in [1.165, 1.54) is 18.4 Å². The van der Waals surface area contributed by atoms with Gasteiger partial charge in [-0.25, -0.2) is 0 Å². The van der Waals surface area contributed by atoms with Crippen LogP contribution in [-0.2, 0) is 0 Å². The maximum Gasteiger partial charge on any atom is 0.0654 e. The molecule has 0 aromatic heterocycles. The first-order valence-electron chi connectivity index (χ1n) is 13.8. The second-order valence-corrected chi connectivity index (χ2v) is 14.5. The van der Waals surface area contributed by atoms with Crippen molar-refractivity contribution in [2.24, 2.45) is 45.3 Å². The van der Waals surface area contributed by atoms with Crippen LogP contribution in [0.15, 0.2) is 11.6 Å².